The first kappa shape index (κ1) is 25.1. The summed E-state index contributed by atoms with van der Waals surface area (Å²) in [6.45, 7) is 0. The van der Waals surface area contributed by atoms with E-state index in [1.165, 1.54) is 45.6 Å². The van der Waals surface area contributed by atoms with E-state index in [0.29, 0.717) is 29.2 Å². The van der Waals surface area contributed by atoms with Gasteiger partial charge in [0.2, 0.25) is 6.41 Å². The number of hydrogen-bond acceptors (Lipinski definition) is 8. The second-order valence-electron chi connectivity index (χ2n) is 7.21. The van der Waals surface area contributed by atoms with E-state index in [0.717, 1.165) is 0 Å². The zero-order valence-electron chi connectivity index (χ0n) is 19.4. The van der Waals surface area contributed by atoms with E-state index in [1.54, 1.807) is 48.5 Å². The molecule has 3 aromatic carbocycles. The van der Waals surface area contributed by atoms with Gasteiger partial charge in [-0.25, -0.2) is 0 Å². The minimum absolute atomic E-state index is 0.188. The third kappa shape index (κ3) is 6.50. The number of esters is 2. The van der Waals surface area contributed by atoms with Crippen LogP contribution < -0.4 is 29.0 Å². The van der Waals surface area contributed by atoms with Crippen molar-refractivity contribution in [2.24, 2.45) is 5.92 Å². The van der Waals surface area contributed by atoms with E-state index in [-0.39, 0.29) is 11.5 Å². The quantitative estimate of drug-likeness (QED) is 0.193. The molecule has 0 aromatic heterocycles. The van der Waals surface area contributed by atoms with Crippen LogP contribution in [0.1, 0.15) is 11.6 Å². The Bertz CT molecular complexity index is 1080. The van der Waals surface area contributed by atoms with Gasteiger partial charge in [-0.1, -0.05) is 12.1 Å². The molecule has 1 N–H and O–H groups in total. The maximum Gasteiger partial charge on any atom is 0.328 e. The van der Waals surface area contributed by atoms with Crippen molar-refractivity contribution in [3.8, 4) is 28.7 Å². The summed E-state index contributed by atoms with van der Waals surface area (Å²) < 4.78 is 26.4. The van der Waals surface area contributed by atoms with Crippen molar-refractivity contribution < 1.29 is 38.1 Å². The molecular formula is C26H25NO8. The minimum atomic E-state index is -1.54. The Morgan fingerprint density at radius 2 is 1.14 bits per heavy atom. The number of ether oxygens (including phenoxy) is 5. The minimum Gasteiger partial charge on any atom is -0.497 e. The topological polar surface area (TPSA) is 109 Å². The number of carbonyl (C=O) groups excluding carboxylic acids is 3. The van der Waals surface area contributed by atoms with E-state index in [9.17, 15) is 14.4 Å². The van der Waals surface area contributed by atoms with Crippen LogP contribution in [0.2, 0.25) is 0 Å². The molecule has 9 nitrogen and oxygen atoms in total. The van der Waals surface area contributed by atoms with Crippen molar-refractivity contribution >= 4 is 18.3 Å². The number of carbonyl (C=O) groups is 3. The number of amides is 1. The molecule has 182 valence electrons. The van der Waals surface area contributed by atoms with Gasteiger partial charge in [0.25, 0.3) is 0 Å². The summed E-state index contributed by atoms with van der Waals surface area (Å²) in [6.07, 6.45) is 0.401. The lowest BCUT2D eigenvalue weighted by Gasteiger charge is -2.24. The van der Waals surface area contributed by atoms with E-state index in [2.05, 4.69) is 5.32 Å². The summed E-state index contributed by atoms with van der Waals surface area (Å²) in [5.41, 5.74) is 0.444. The third-order valence-corrected chi connectivity index (χ3v) is 5.10. The zero-order valence-corrected chi connectivity index (χ0v) is 19.4. The number of hydrogen-bond donors (Lipinski definition) is 1. The largest absolute Gasteiger partial charge is 0.497 e. The van der Waals surface area contributed by atoms with E-state index in [1.807, 2.05) is 0 Å². The second kappa shape index (κ2) is 12.1. The Labute approximate surface area is 202 Å². The molecule has 0 aliphatic carbocycles. The van der Waals surface area contributed by atoms with Crippen molar-refractivity contribution in [3.05, 3.63) is 78.4 Å². The Kier molecular flexibility index (Phi) is 8.66. The van der Waals surface area contributed by atoms with Gasteiger partial charge < -0.3 is 29.0 Å². The molecule has 1 atom stereocenters. The molecule has 35 heavy (non-hydrogen) atoms. The SMILES string of the molecule is COc1ccc(OC(=O)C(C(=O)Oc2ccc(OC)cc2)[C@H](NC=O)c2cccc(OC)c2)cc1. The van der Waals surface area contributed by atoms with Crippen LogP contribution in [0, 0.1) is 5.92 Å². The first-order valence-corrected chi connectivity index (χ1v) is 10.5. The van der Waals surface area contributed by atoms with Gasteiger partial charge in [0, 0.05) is 0 Å². The summed E-state index contributed by atoms with van der Waals surface area (Å²) in [5, 5.41) is 2.54. The molecular weight excluding hydrogens is 454 g/mol. The molecule has 0 saturated carbocycles. The van der Waals surface area contributed by atoms with Crippen molar-refractivity contribution in [3.63, 3.8) is 0 Å². The maximum absolute atomic E-state index is 13.3. The summed E-state index contributed by atoms with van der Waals surface area (Å²) in [5.74, 6) is -1.40. The Balaban J connectivity index is 1.95. The molecule has 3 aromatic rings. The van der Waals surface area contributed by atoms with E-state index < -0.39 is 23.9 Å². The van der Waals surface area contributed by atoms with Crippen LogP contribution in [-0.4, -0.2) is 39.7 Å². The Morgan fingerprint density at radius 3 is 1.57 bits per heavy atom. The Morgan fingerprint density at radius 1 is 0.686 bits per heavy atom. The molecule has 1 amide bonds. The van der Waals surface area contributed by atoms with Gasteiger partial charge in [-0.05, 0) is 66.2 Å². The van der Waals surface area contributed by atoms with Crippen molar-refractivity contribution in [2.45, 2.75) is 6.04 Å². The molecule has 9 heteroatoms. The fourth-order valence-corrected chi connectivity index (χ4v) is 3.31. The highest BCUT2D eigenvalue weighted by Gasteiger charge is 2.39. The predicted octanol–water partition coefficient (Wildman–Crippen LogP) is 3.33. The van der Waals surface area contributed by atoms with Gasteiger partial charge in [0.1, 0.15) is 28.7 Å². The van der Waals surface area contributed by atoms with Crippen LogP contribution in [0.25, 0.3) is 0 Å². The molecule has 0 aliphatic heterocycles. The predicted molar refractivity (Wildman–Crippen MR) is 126 cm³/mol. The standard InChI is InChI=1S/C26H25NO8/c1-31-18-7-11-20(12-8-18)34-25(29)23(26(30)35-21-13-9-19(32-2)10-14-21)24(27-16-28)17-5-4-6-22(15-17)33-3/h4-16,23-24H,1-3H3,(H,27,28)/t24-/m1/s1. The lowest BCUT2D eigenvalue weighted by molar-refractivity contribution is -0.152. The van der Waals surface area contributed by atoms with Crippen molar-refractivity contribution in [1.82, 2.24) is 5.32 Å². The summed E-state index contributed by atoms with van der Waals surface area (Å²) >= 11 is 0. The summed E-state index contributed by atoms with van der Waals surface area (Å²) in [6, 6.07) is 18.1. The smallest absolute Gasteiger partial charge is 0.328 e. The van der Waals surface area contributed by atoms with E-state index >= 15 is 0 Å². The van der Waals surface area contributed by atoms with E-state index in [4.69, 9.17) is 23.7 Å². The highest BCUT2D eigenvalue weighted by atomic mass is 16.6. The van der Waals surface area contributed by atoms with Gasteiger partial charge in [-0.2, -0.15) is 0 Å². The average molecular weight is 479 g/mol. The van der Waals surface area contributed by atoms with Gasteiger partial charge in [0.05, 0.1) is 27.4 Å². The lowest BCUT2D eigenvalue weighted by Crippen LogP contribution is -2.41. The van der Waals surface area contributed by atoms with Crippen LogP contribution in [0.15, 0.2) is 72.8 Å². The van der Waals surface area contributed by atoms with Crippen LogP contribution in [0.3, 0.4) is 0 Å². The number of rotatable bonds is 11. The molecule has 0 spiro atoms. The van der Waals surface area contributed by atoms with Crippen LogP contribution >= 0.6 is 0 Å². The summed E-state index contributed by atoms with van der Waals surface area (Å²) in [4.78, 5) is 38.0. The van der Waals surface area contributed by atoms with Gasteiger partial charge >= 0.3 is 11.9 Å². The van der Waals surface area contributed by atoms with Gasteiger partial charge in [-0.15, -0.1) is 0 Å². The average Bonchev–Trinajstić information content (AvgIpc) is 2.89. The fraction of sp³-hybridized carbons (Fsp3) is 0.192. The molecule has 3 rings (SSSR count). The number of methoxy groups -OCH3 is 3. The highest BCUT2D eigenvalue weighted by molar-refractivity contribution is 5.98. The van der Waals surface area contributed by atoms with Crippen molar-refractivity contribution in [1.29, 1.82) is 0 Å². The molecule has 0 radical (unpaired) electrons. The molecule has 0 aliphatic rings. The first-order chi connectivity index (χ1) is 17.0. The van der Waals surface area contributed by atoms with Crippen LogP contribution in [0.5, 0.6) is 28.7 Å². The highest BCUT2D eigenvalue weighted by Crippen LogP contribution is 2.29. The number of nitrogens with one attached hydrogen (secondary N) is 1. The number of benzene rings is 3. The third-order valence-electron chi connectivity index (χ3n) is 5.10. The Hall–Kier alpha value is -4.53. The first-order valence-electron chi connectivity index (χ1n) is 10.5. The molecule has 0 heterocycles. The maximum atomic E-state index is 13.3. The van der Waals surface area contributed by atoms with Crippen LogP contribution in [-0.2, 0) is 14.4 Å². The molecule has 0 unspecified atom stereocenters. The second-order valence-corrected chi connectivity index (χ2v) is 7.21. The summed E-state index contributed by atoms with van der Waals surface area (Å²) in [7, 11) is 4.50. The molecule has 0 fully saturated rings. The lowest BCUT2D eigenvalue weighted by atomic mass is 9.92. The monoisotopic (exact) mass is 479 g/mol. The zero-order chi connectivity index (χ0) is 25.2. The molecule has 0 bridgehead atoms. The van der Waals surface area contributed by atoms with Crippen LogP contribution in [0.4, 0.5) is 0 Å². The van der Waals surface area contributed by atoms with Gasteiger partial charge in [-0.3, -0.25) is 14.4 Å². The fourth-order valence-electron chi connectivity index (χ4n) is 3.31. The normalized spacial score (nSPS) is 11.2. The van der Waals surface area contributed by atoms with Crippen molar-refractivity contribution in [2.75, 3.05) is 21.3 Å². The van der Waals surface area contributed by atoms with Gasteiger partial charge in [0.15, 0.2) is 5.92 Å². The molecule has 0 saturated heterocycles.